The van der Waals surface area contributed by atoms with Crippen LogP contribution in [0.2, 0.25) is 0 Å². The van der Waals surface area contributed by atoms with Crippen LogP contribution < -0.4 is 0 Å². The van der Waals surface area contributed by atoms with Crippen molar-refractivity contribution in [1.29, 1.82) is 0 Å². The molecule has 0 atom stereocenters. The van der Waals surface area contributed by atoms with E-state index in [4.69, 9.17) is 67.8 Å². The van der Waals surface area contributed by atoms with Crippen molar-refractivity contribution < 1.29 is 38.1 Å². The second kappa shape index (κ2) is 59.6. The standard InChI is InChI=1S/C73H132O8S12/c1-13-17-21-25-29-33-37-41-45-49-53-61(82)86-90-69(5,6)65(74)78-57-73(58-79-66(75)70(7,8)91-87-62(83)54-50-46-42-38-34-30-26-22-18-14-2,59-80-67(76)71(9,10)92-88-63(84)55-51-47-43-39-35-31-27-23-19-15-3)60-81-68(77)72(11,12)93-89-64(85)56-52-48-44-40-36-32-28-24-20-16-4/h13-60H2,1-12H3. The number of hydrogen-bond acceptors (Lipinski definition) is 20. The number of hydrogen-bond donors (Lipinski definition) is 0. The monoisotopic (exact) mass is 1520 g/mol. The molecule has 8 nitrogen and oxygen atoms in total. The molecule has 0 heterocycles. The lowest BCUT2D eigenvalue weighted by molar-refractivity contribution is -0.173. The highest BCUT2D eigenvalue weighted by Crippen LogP contribution is 2.43. The van der Waals surface area contributed by atoms with Crippen molar-refractivity contribution in [3.8, 4) is 0 Å². The number of rotatable bonds is 64. The molecule has 0 radical (unpaired) electrons. The van der Waals surface area contributed by atoms with E-state index in [0.29, 0.717) is 0 Å². The molecule has 0 unspecified atom stereocenters. The summed E-state index contributed by atoms with van der Waals surface area (Å²) in [6, 6.07) is 0. The summed E-state index contributed by atoms with van der Waals surface area (Å²) in [5, 5.41) is 0. The van der Waals surface area contributed by atoms with E-state index in [1.54, 1.807) is 55.4 Å². The van der Waals surface area contributed by atoms with E-state index in [1.807, 2.05) is 0 Å². The molecule has 0 saturated carbocycles. The Hall–Kier alpha value is 1.04. The molecule has 0 spiro atoms. The van der Waals surface area contributed by atoms with Crippen LogP contribution in [0.25, 0.3) is 0 Å². The molecule has 0 aliphatic carbocycles. The van der Waals surface area contributed by atoms with Gasteiger partial charge >= 0.3 is 23.9 Å². The van der Waals surface area contributed by atoms with Crippen LogP contribution >= 0.6 is 135 Å². The summed E-state index contributed by atoms with van der Waals surface area (Å²) >= 11 is 23.3. The number of thiocarbonyl (C=S) groups is 4. The van der Waals surface area contributed by atoms with E-state index in [1.165, 1.54) is 292 Å². The zero-order chi connectivity index (χ0) is 69.5. The highest BCUT2D eigenvalue weighted by atomic mass is 33.1. The van der Waals surface area contributed by atoms with E-state index >= 15 is 0 Å². The van der Waals surface area contributed by atoms with Crippen molar-refractivity contribution >= 4 is 176 Å². The molecule has 544 valence electrons. The molecule has 0 aromatic heterocycles. The first-order valence-corrected chi connectivity index (χ1v) is 46.8. The molecular formula is C73H132O8S12. The number of carbonyl (C=O) groups excluding carboxylic acids is 4. The maximum absolute atomic E-state index is 14.4. The van der Waals surface area contributed by atoms with Crippen molar-refractivity contribution in [3.63, 3.8) is 0 Å². The Morgan fingerprint density at radius 1 is 0.247 bits per heavy atom. The molecule has 0 rings (SSSR count). The maximum Gasteiger partial charge on any atom is 0.322 e. The van der Waals surface area contributed by atoms with Gasteiger partial charge in [0, 0.05) is 0 Å². The molecule has 0 aliphatic rings. The molecule has 0 bridgehead atoms. The molecule has 0 amide bonds. The second-order valence-corrected chi connectivity index (χ2v) is 42.1. The third-order valence-corrected chi connectivity index (χ3v) is 32.0. The Balaban J connectivity index is 6.56. The normalized spacial score (nSPS) is 12.3. The number of unbranched alkanes of at least 4 members (excludes halogenated alkanes) is 36. The predicted octanol–water partition coefficient (Wildman–Crippen LogP) is 27.3. The zero-order valence-electron chi connectivity index (χ0n) is 60.6. The Kier molecular flexibility index (Phi) is 60.2. The van der Waals surface area contributed by atoms with E-state index in [-0.39, 0.29) is 26.4 Å². The molecule has 0 N–H and O–H groups in total. The van der Waals surface area contributed by atoms with Gasteiger partial charge in [-0.25, -0.2) is 0 Å². The minimum atomic E-state index is -1.52. The molecule has 0 aromatic carbocycles. The highest BCUT2D eigenvalue weighted by Gasteiger charge is 2.45. The van der Waals surface area contributed by atoms with Gasteiger partial charge in [0.2, 0.25) is 0 Å². The zero-order valence-corrected chi connectivity index (χ0v) is 70.4. The summed E-state index contributed by atoms with van der Waals surface area (Å²) in [6.07, 6.45) is 52.8. The van der Waals surface area contributed by atoms with Gasteiger partial charge in [-0.3, -0.25) is 19.2 Å². The molecular weight excluding hydrogens is 1390 g/mol. The average molecular weight is 1520 g/mol. The molecule has 0 aromatic rings. The number of esters is 4. The SMILES string of the molecule is CCCCCCCCCCCCC(=S)SSC(C)(C)C(=O)OCC(COC(=O)C(C)(C)SSC(=S)CCCCCCCCCCCC)(COC(=O)C(C)(C)SSC(=S)CCCCCCCCCCCC)COC(=O)C(C)(C)SSC(=S)CCCCCCCCCCCC. The Morgan fingerprint density at radius 3 is 0.538 bits per heavy atom. The van der Waals surface area contributed by atoms with E-state index < -0.39 is 48.3 Å². The van der Waals surface area contributed by atoms with Crippen LogP contribution in [0.15, 0.2) is 0 Å². The van der Waals surface area contributed by atoms with Gasteiger partial charge in [0.05, 0.1) is 16.8 Å². The topological polar surface area (TPSA) is 105 Å². The van der Waals surface area contributed by atoms with Gasteiger partial charge in [0.25, 0.3) is 0 Å². The fourth-order valence-corrected chi connectivity index (χ4v) is 19.6. The van der Waals surface area contributed by atoms with Crippen LogP contribution in [0.5, 0.6) is 0 Å². The lowest BCUT2D eigenvalue weighted by Gasteiger charge is -2.35. The first kappa shape index (κ1) is 94.0. The number of ether oxygens (including phenoxy) is 4. The fourth-order valence-electron chi connectivity index (χ4n) is 9.75. The van der Waals surface area contributed by atoms with Gasteiger partial charge in [-0.1, -0.05) is 351 Å². The van der Waals surface area contributed by atoms with Crippen molar-refractivity contribution in [2.24, 2.45) is 5.41 Å². The van der Waals surface area contributed by atoms with Crippen molar-refractivity contribution in [1.82, 2.24) is 0 Å². The summed E-state index contributed by atoms with van der Waals surface area (Å²) in [5.41, 5.74) is -1.52. The fraction of sp³-hybridized carbons (Fsp3) is 0.890. The van der Waals surface area contributed by atoms with Crippen LogP contribution in [-0.4, -0.2) is 86.1 Å². The van der Waals surface area contributed by atoms with Crippen LogP contribution in [0.1, 0.15) is 366 Å². The molecule has 0 aliphatic heterocycles. The second-order valence-electron chi connectivity index (χ2n) is 27.7. The average Bonchev–Trinajstić information content (AvgIpc) is 0.870. The molecule has 0 saturated heterocycles. The lowest BCUT2D eigenvalue weighted by Crippen LogP contribution is -2.48. The van der Waals surface area contributed by atoms with E-state index in [9.17, 15) is 19.2 Å². The summed E-state index contributed by atoms with van der Waals surface area (Å²) in [6.45, 7) is 21.8. The lowest BCUT2D eigenvalue weighted by atomic mass is 9.91. The van der Waals surface area contributed by atoms with Crippen molar-refractivity contribution in [2.45, 2.75) is 385 Å². The summed E-state index contributed by atoms with van der Waals surface area (Å²) in [4.78, 5) is 57.5. The van der Waals surface area contributed by atoms with Crippen molar-refractivity contribution in [3.05, 3.63) is 0 Å². The highest BCUT2D eigenvalue weighted by molar-refractivity contribution is 8.85. The molecule has 93 heavy (non-hydrogen) atoms. The minimum absolute atomic E-state index is 0.390. The third kappa shape index (κ3) is 52.6. The van der Waals surface area contributed by atoms with Crippen LogP contribution in [0.3, 0.4) is 0 Å². The first-order valence-electron chi connectivity index (χ1n) is 36.6. The Labute approximate surface area is 624 Å². The first-order chi connectivity index (χ1) is 44.3. The number of carbonyl (C=O) groups is 4. The minimum Gasteiger partial charge on any atom is -0.464 e. The maximum atomic E-state index is 14.4. The smallest absolute Gasteiger partial charge is 0.322 e. The van der Waals surface area contributed by atoms with Gasteiger partial charge in [-0.05, 0) is 150 Å². The van der Waals surface area contributed by atoms with E-state index in [2.05, 4.69) is 27.7 Å². The summed E-state index contributed by atoms with van der Waals surface area (Å²) in [5.74, 6) is -2.15. The largest absolute Gasteiger partial charge is 0.464 e. The van der Waals surface area contributed by atoms with Gasteiger partial charge in [0.15, 0.2) is 0 Å². The summed E-state index contributed by atoms with van der Waals surface area (Å²) in [7, 11) is 11.1. The van der Waals surface area contributed by atoms with Crippen LogP contribution in [0, 0.1) is 5.41 Å². The Bertz CT molecular complexity index is 1720. The third-order valence-electron chi connectivity index (χ3n) is 16.3. The van der Waals surface area contributed by atoms with Crippen LogP contribution in [-0.2, 0) is 38.1 Å². The van der Waals surface area contributed by atoms with E-state index in [0.717, 1.165) is 93.8 Å². The van der Waals surface area contributed by atoms with Crippen LogP contribution in [0.4, 0.5) is 0 Å². The molecule has 0 fully saturated rings. The van der Waals surface area contributed by atoms with Gasteiger partial charge in [-0.15, -0.1) is 0 Å². The summed E-state index contributed by atoms with van der Waals surface area (Å²) < 4.78 is 24.1. The molecule has 20 heteroatoms. The Morgan fingerprint density at radius 2 is 0.387 bits per heavy atom. The quantitative estimate of drug-likeness (QED) is 0.0189. The van der Waals surface area contributed by atoms with Gasteiger partial charge in [-0.2, -0.15) is 0 Å². The predicted molar refractivity (Wildman–Crippen MR) is 440 cm³/mol. The van der Waals surface area contributed by atoms with Gasteiger partial charge in [0.1, 0.15) is 50.8 Å². The van der Waals surface area contributed by atoms with Crippen molar-refractivity contribution in [2.75, 3.05) is 26.4 Å². The van der Waals surface area contributed by atoms with Gasteiger partial charge < -0.3 is 18.9 Å².